The molecule has 1 amide bonds. The maximum absolute atomic E-state index is 13.5. The van der Waals surface area contributed by atoms with Crippen molar-refractivity contribution < 1.29 is 14.3 Å². The summed E-state index contributed by atoms with van der Waals surface area (Å²) in [5.74, 6) is 0.194. The first-order chi connectivity index (χ1) is 16.4. The highest BCUT2D eigenvalue weighted by molar-refractivity contribution is 7.99. The van der Waals surface area contributed by atoms with Gasteiger partial charge in [0.15, 0.2) is 17.5 Å². The summed E-state index contributed by atoms with van der Waals surface area (Å²) in [4.78, 5) is 42.9. The number of carbonyl (C=O) groups is 2. The maximum atomic E-state index is 13.5. The first-order valence-corrected chi connectivity index (χ1v) is 11.7. The predicted molar refractivity (Wildman–Crippen MR) is 132 cm³/mol. The van der Waals surface area contributed by atoms with Crippen molar-refractivity contribution in [2.45, 2.75) is 19.0 Å². The summed E-state index contributed by atoms with van der Waals surface area (Å²) >= 11 is 1.21. The fourth-order valence-electron chi connectivity index (χ4n) is 4.03. The Kier molecular flexibility index (Phi) is 5.67. The molecule has 7 nitrogen and oxygen atoms in total. The number of nitrogens with zero attached hydrogens (tertiary/aromatic N) is 2. The van der Waals surface area contributed by atoms with E-state index in [0.29, 0.717) is 33.1 Å². The largest absolute Gasteiger partial charge is 0.482 e. The Labute approximate surface area is 199 Å². The van der Waals surface area contributed by atoms with Crippen molar-refractivity contribution in [1.29, 1.82) is 0 Å². The minimum Gasteiger partial charge on any atom is -0.482 e. The van der Waals surface area contributed by atoms with Crippen molar-refractivity contribution in [3.63, 3.8) is 0 Å². The molecule has 5 rings (SSSR count). The molecular weight excluding hydrogens is 450 g/mol. The van der Waals surface area contributed by atoms with E-state index in [-0.39, 0.29) is 29.6 Å². The fourth-order valence-corrected chi connectivity index (χ4v) is 4.93. The summed E-state index contributed by atoms with van der Waals surface area (Å²) in [6.07, 6.45) is 0. The van der Waals surface area contributed by atoms with Crippen molar-refractivity contribution in [3.05, 3.63) is 87.7 Å². The van der Waals surface area contributed by atoms with Crippen LogP contribution >= 0.6 is 11.8 Å². The lowest BCUT2D eigenvalue weighted by Gasteiger charge is -2.18. The summed E-state index contributed by atoms with van der Waals surface area (Å²) in [6, 6.07) is 18.0. The topological polar surface area (TPSA) is 90.3 Å². The van der Waals surface area contributed by atoms with Crippen LogP contribution in [0.4, 0.5) is 5.69 Å². The molecule has 0 saturated carbocycles. The lowest BCUT2D eigenvalue weighted by Crippen LogP contribution is -2.25. The number of fused-ring (bicyclic) bond motifs is 2. The molecule has 0 spiro atoms. The third-order valence-corrected chi connectivity index (χ3v) is 6.61. The second-order valence-corrected chi connectivity index (χ2v) is 8.99. The lowest BCUT2D eigenvalue weighted by atomic mass is 10.1. The molecule has 8 heteroatoms. The molecule has 0 unspecified atom stereocenters. The molecule has 1 aromatic heterocycles. The van der Waals surface area contributed by atoms with Gasteiger partial charge in [0.1, 0.15) is 5.75 Å². The number of anilines is 1. The van der Waals surface area contributed by atoms with Crippen LogP contribution < -0.4 is 15.6 Å². The normalized spacial score (nSPS) is 12.7. The minimum atomic E-state index is -0.260. The van der Waals surface area contributed by atoms with Crippen LogP contribution in [0.5, 0.6) is 5.75 Å². The Morgan fingerprint density at radius 3 is 2.62 bits per heavy atom. The van der Waals surface area contributed by atoms with Crippen LogP contribution in [0.25, 0.3) is 16.6 Å². The standard InChI is InChI=1S/C26H21N3O4S/c1-15-6-5-7-16(2)24(15)29-25(32)18-8-3-4-9-19(18)28-26(29)34-14-21(30)17-10-11-22-20(12-17)27-23(31)13-33-22/h3-12H,13-14H2,1-2H3,(H,27,31). The quantitative estimate of drug-likeness (QED) is 0.265. The third-order valence-electron chi connectivity index (χ3n) is 5.67. The van der Waals surface area contributed by atoms with Gasteiger partial charge in [0.2, 0.25) is 0 Å². The molecule has 0 fully saturated rings. The van der Waals surface area contributed by atoms with Crippen LogP contribution in [-0.2, 0) is 4.79 Å². The van der Waals surface area contributed by atoms with Crippen molar-refractivity contribution >= 4 is 40.0 Å². The van der Waals surface area contributed by atoms with E-state index in [1.165, 1.54) is 11.8 Å². The van der Waals surface area contributed by atoms with E-state index in [2.05, 4.69) is 5.32 Å². The SMILES string of the molecule is Cc1cccc(C)c1-n1c(SCC(=O)c2ccc3c(c2)NC(=O)CO3)nc2ccccc2c1=O. The summed E-state index contributed by atoms with van der Waals surface area (Å²) < 4.78 is 6.97. The predicted octanol–water partition coefficient (Wildman–Crippen LogP) is 4.31. The maximum Gasteiger partial charge on any atom is 0.266 e. The van der Waals surface area contributed by atoms with Gasteiger partial charge < -0.3 is 10.1 Å². The number of carbonyl (C=O) groups excluding carboxylic acids is 2. The summed E-state index contributed by atoms with van der Waals surface area (Å²) in [5, 5.41) is 3.69. The highest BCUT2D eigenvalue weighted by Crippen LogP contribution is 2.30. The Bertz CT molecular complexity index is 1510. The molecule has 4 aromatic rings. The first kappa shape index (κ1) is 21.9. The van der Waals surface area contributed by atoms with Gasteiger partial charge in [-0.1, -0.05) is 42.1 Å². The van der Waals surface area contributed by atoms with Crippen molar-refractivity contribution in [2.24, 2.45) is 0 Å². The molecule has 1 aliphatic heterocycles. The molecule has 0 bridgehead atoms. The molecular formula is C26H21N3O4S. The average molecular weight is 472 g/mol. The monoisotopic (exact) mass is 471 g/mol. The molecule has 2 heterocycles. The molecule has 0 radical (unpaired) electrons. The fraction of sp³-hybridized carbons (Fsp3) is 0.154. The van der Waals surface area contributed by atoms with Gasteiger partial charge >= 0.3 is 0 Å². The van der Waals surface area contributed by atoms with Crippen LogP contribution in [0.2, 0.25) is 0 Å². The van der Waals surface area contributed by atoms with Crippen molar-refractivity contribution in [2.75, 3.05) is 17.7 Å². The van der Waals surface area contributed by atoms with Gasteiger partial charge in [-0.25, -0.2) is 4.98 Å². The smallest absolute Gasteiger partial charge is 0.266 e. The lowest BCUT2D eigenvalue weighted by molar-refractivity contribution is -0.118. The summed E-state index contributed by atoms with van der Waals surface area (Å²) in [5.41, 5.74) is 3.98. The van der Waals surface area contributed by atoms with Gasteiger partial charge in [0.05, 0.1) is 28.0 Å². The second-order valence-electron chi connectivity index (χ2n) is 8.05. The number of benzene rings is 3. The van der Waals surface area contributed by atoms with E-state index in [9.17, 15) is 14.4 Å². The Morgan fingerprint density at radius 1 is 1.06 bits per heavy atom. The molecule has 1 aliphatic rings. The van der Waals surface area contributed by atoms with Crippen LogP contribution in [0, 0.1) is 13.8 Å². The van der Waals surface area contributed by atoms with Crippen molar-refractivity contribution in [1.82, 2.24) is 9.55 Å². The number of para-hydroxylation sites is 2. The Morgan fingerprint density at radius 2 is 1.82 bits per heavy atom. The minimum absolute atomic E-state index is 0.0420. The first-order valence-electron chi connectivity index (χ1n) is 10.7. The molecule has 170 valence electrons. The van der Waals surface area contributed by atoms with Gasteiger partial charge in [-0.15, -0.1) is 0 Å². The number of ketones is 1. The van der Waals surface area contributed by atoms with E-state index >= 15 is 0 Å². The van der Waals surface area contributed by atoms with E-state index in [0.717, 1.165) is 16.8 Å². The molecule has 1 N–H and O–H groups in total. The molecule has 3 aromatic carbocycles. The van der Waals surface area contributed by atoms with Crippen LogP contribution in [0.1, 0.15) is 21.5 Å². The molecule has 0 saturated heterocycles. The molecule has 34 heavy (non-hydrogen) atoms. The van der Waals surface area contributed by atoms with Gasteiger partial charge in [-0.3, -0.25) is 19.0 Å². The van der Waals surface area contributed by atoms with E-state index in [1.807, 2.05) is 44.2 Å². The summed E-state index contributed by atoms with van der Waals surface area (Å²) in [7, 11) is 0. The number of aromatic nitrogens is 2. The number of aryl methyl sites for hydroxylation is 2. The number of thioether (sulfide) groups is 1. The Hall–Kier alpha value is -3.91. The number of hydrogen-bond acceptors (Lipinski definition) is 6. The number of Topliss-reactive ketones (excluding diaryl/α,β-unsaturated/α-hetero) is 1. The number of ether oxygens (including phenoxy) is 1. The zero-order chi connectivity index (χ0) is 23.8. The Balaban J connectivity index is 1.53. The molecule has 0 atom stereocenters. The molecule has 0 aliphatic carbocycles. The number of hydrogen-bond donors (Lipinski definition) is 1. The van der Waals surface area contributed by atoms with E-state index in [1.54, 1.807) is 34.9 Å². The zero-order valence-electron chi connectivity index (χ0n) is 18.6. The van der Waals surface area contributed by atoms with Gasteiger partial charge in [-0.2, -0.15) is 0 Å². The third kappa shape index (κ3) is 3.97. The number of rotatable bonds is 5. The highest BCUT2D eigenvalue weighted by atomic mass is 32.2. The number of nitrogens with one attached hydrogen (secondary N) is 1. The zero-order valence-corrected chi connectivity index (χ0v) is 19.4. The van der Waals surface area contributed by atoms with Gasteiger partial charge in [0.25, 0.3) is 11.5 Å². The van der Waals surface area contributed by atoms with Gasteiger partial charge in [0, 0.05) is 5.56 Å². The van der Waals surface area contributed by atoms with Crippen LogP contribution in [0.3, 0.4) is 0 Å². The number of amides is 1. The van der Waals surface area contributed by atoms with Crippen LogP contribution in [0.15, 0.2) is 70.6 Å². The van der Waals surface area contributed by atoms with E-state index < -0.39 is 0 Å². The van der Waals surface area contributed by atoms with Crippen molar-refractivity contribution in [3.8, 4) is 11.4 Å². The second kappa shape index (κ2) is 8.79. The highest BCUT2D eigenvalue weighted by Gasteiger charge is 2.20. The summed E-state index contributed by atoms with van der Waals surface area (Å²) in [6.45, 7) is 3.86. The van der Waals surface area contributed by atoms with Gasteiger partial charge in [-0.05, 0) is 55.3 Å². The van der Waals surface area contributed by atoms with E-state index in [4.69, 9.17) is 9.72 Å². The average Bonchev–Trinajstić information content (AvgIpc) is 2.83. The van der Waals surface area contributed by atoms with Crippen LogP contribution in [-0.4, -0.2) is 33.6 Å².